The summed E-state index contributed by atoms with van der Waals surface area (Å²) < 4.78 is 0.292. The number of nitrogens with one attached hydrogen (secondary N) is 2. The predicted molar refractivity (Wildman–Crippen MR) is 99.6 cm³/mol. The summed E-state index contributed by atoms with van der Waals surface area (Å²) in [7, 11) is 0. The van der Waals surface area contributed by atoms with Gasteiger partial charge in [-0.25, -0.2) is 0 Å². The molecule has 10 heteroatoms. The Morgan fingerprint density at radius 1 is 1.42 bits per heavy atom. The van der Waals surface area contributed by atoms with Crippen LogP contribution in [0.25, 0.3) is 0 Å². The van der Waals surface area contributed by atoms with Crippen LogP contribution in [0.5, 0.6) is 0 Å². The number of hydrogen-bond donors (Lipinski definition) is 2. The van der Waals surface area contributed by atoms with E-state index in [9.17, 15) is 19.2 Å². The number of thiophene rings is 1. The molecule has 0 saturated carbocycles. The lowest BCUT2D eigenvalue weighted by molar-refractivity contribution is -0.133. The third-order valence-electron chi connectivity index (χ3n) is 3.77. The molecule has 1 aliphatic heterocycles. The predicted octanol–water partition coefficient (Wildman–Crippen LogP) is 1.50. The molecule has 2 rings (SSSR count). The Morgan fingerprint density at radius 3 is 2.69 bits per heavy atom. The molecule has 0 aliphatic carbocycles. The van der Waals surface area contributed by atoms with Gasteiger partial charge >= 0.3 is 0 Å². The topological polar surface area (TPSA) is 95.6 Å². The SMILES string of the molecule is C=CC(=O)N(CC(=O)CNC(=O)c1cc(Cl)c(Cl)s1)C[C@@H]1CCNC1=O. The summed E-state index contributed by atoms with van der Waals surface area (Å²) in [6.07, 6.45) is 1.69. The molecule has 26 heavy (non-hydrogen) atoms. The summed E-state index contributed by atoms with van der Waals surface area (Å²) in [5.41, 5.74) is 0. The molecule has 7 nitrogen and oxygen atoms in total. The minimum absolute atomic E-state index is 0.131. The number of carbonyl (C=O) groups is 4. The molecule has 1 atom stereocenters. The van der Waals surface area contributed by atoms with Crippen LogP contribution in [-0.2, 0) is 14.4 Å². The highest BCUT2D eigenvalue weighted by molar-refractivity contribution is 7.18. The highest BCUT2D eigenvalue weighted by Crippen LogP contribution is 2.31. The van der Waals surface area contributed by atoms with E-state index in [-0.39, 0.29) is 47.1 Å². The molecule has 1 aromatic rings. The number of halogens is 2. The van der Waals surface area contributed by atoms with Gasteiger partial charge in [-0.2, -0.15) is 0 Å². The molecule has 0 bridgehead atoms. The van der Waals surface area contributed by atoms with Gasteiger partial charge in [-0.05, 0) is 18.6 Å². The van der Waals surface area contributed by atoms with E-state index in [1.54, 1.807) is 0 Å². The van der Waals surface area contributed by atoms with Crippen LogP contribution in [0.4, 0.5) is 0 Å². The van der Waals surface area contributed by atoms with Gasteiger partial charge in [0.05, 0.1) is 28.9 Å². The fourth-order valence-electron chi connectivity index (χ4n) is 2.44. The van der Waals surface area contributed by atoms with Gasteiger partial charge in [0, 0.05) is 13.1 Å². The molecule has 2 N–H and O–H groups in total. The zero-order chi connectivity index (χ0) is 19.3. The van der Waals surface area contributed by atoms with Crippen molar-refractivity contribution in [1.29, 1.82) is 0 Å². The molecule has 140 valence electrons. The Morgan fingerprint density at radius 2 is 2.15 bits per heavy atom. The number of Topliss-reactive ketones (excluding diaryl/α,β-unsaturated/α-hetero) is 1. The minimum atomic E-state index is -0.478. The average molecular weight is 418 g/mol. The number of amides is 3. The standard InChI is InChI=1S/C16H17Cl2N3O4S/c1-2-13(23)21(7-9-3-4-19-15(9)24)8-10(22)6-20-16(25)12-5-11(17)14(18)26-12/h2,5,9H,1,3-4,6-8H2,(H,19,24)(H,20,25)/t9-/m0/s1. The van der Waals surface area contributed by atoms with Crippen molar-refractivity contribution < 1.29 is 19.2 Å². The Labute approximate surface area is 164 Å². The van der Waals surface area contributed by atoms with E-state index in [1.807, 2.05) is 0 Å². The first-order chi connectivity index (χ1) is 12.3. The van der Waals surface area contributed by atoms with Crippen molar-refractivity contribution in [2.75, 3.05) is 26.2 Å². The van der Waals surface area contributed by atoms with Gasteiger partial charge in [0.15, 0.2) is 5.78 Å². The molecule has 0 spiro atoms. The number of nitrogens with zero attached hydrogens (tertiary/aromatic N) is 1. The van der Waals surface area contributed by atoms with E-state index in [0.29, 0.717) is 17.3 Å². The smallest absolute Gasteiger partial charge is 0.261 e. The van der Waals surface area contributed by atoms with Crippen molar-refractivity contribution in [3.05, 3.63) is 33.0 Å². The normalized spacial score (nSPS) is 16.1. The highest BCUT2D eigenvalue weighted by atomic mass is 35.5. The van der Waals surface area contributed by atoms with Crippen molar-refractivity contribution in [3.63, 3.8) is 0 Å². The number of hydrogen-bond acceptors (Lipinski definition) is 5. The zero-order valence-electron chi connectivity index (χ0n) is 13.7. The quantitative estimate of drug-likeness (QED) is 0.626. The second kappa shape index (κ2) is 9.16. The summed E-state index contributed by atoms with van der Waals surface area (Å²) in [5, 5.41) is 5.42. The summed E-state index contributed by atoms with van der Waals surface area (Å²) in [5.74, 6) is -1.79. The Kier molecular flexibility index (Phi) is 7.19. The van der Waals surface area contributed by atoms with Crippen molar-refractivity contribution in [2.24, 2.45) is 5.92 Å². The highest BCUT2D eigenvalue weighted by Gasteiger charge is 2.28. The number of rotatable bonds is 8. The van der Waals surface area contributed by atoms with Crippen LogP contribution in [0.3, 0.4) is 0 Å². The first-order valence-electron chi connectivity index (χ1n) is 7.75. The molecule has 1 aromatic heterocycles. The van der Waals surface area contributed by atoms with E-state index in [1.165, 1.54) is 11.0 Å². The zero-order valence-corrected chi connectivity index (χ0v) is 16.0. The number of carbonyl (C=O) groups excluding carboxylic acids is 4. The first-order valence-corrected chi connectivity index (χ1v) is 9.32. The summed E-state index contributed by atoms with van der Waals surface area (Å²) in [6.45, 7) is 3.61. The molecule has 1 saturated heterocycles. The van der Waals surface area contributed by atoms with Crippen molar-refractivity contribution in [3.8, 4) is 0 Å². The first kappa shape index (κ1) is 20.4. The maximum Gasteiger partial charge on any atom is 0.261 e. The summed E-state index contributed by atoms with van der Waals surface area (Å²) in [4.78, 5) is 49.3. The van der Waals surface area contributed by atoms with Crippen LogP contribution in [0, 0.1) is 5.92 Å². The van der Waals surface area contributed by atoms with Crippen LogP contribution < -0.4 is 10.6 Å². The molecular formula is C16H17Cl2N3O4S. The maximum absolute atomic E-state index is 12.1. The Hall–Kier alpha value is -1.90. The molecule has 0 unspecified atom stereocenters. The van der Waals surface area contributed by atoms with Gasteiger partial charge in [0.1, 0.15) is 4.34 Å². The van der Waals surface area contributed by atoms with E-state index in [4.69, 9.17) is 23.2 Å². The van der Waals surface area contributed by atoms with Gasteiger partial charge in [-0.1, -0.05) is 29.8 Å². The molecule has 0 aromatic carbocycles. The van der Waals surface area contributed by atoms with E-state index in [0.717, 1.165) is 17.4 Å². The third-order valence-corrected chi connectivity index (χ3v) is 5.64. The van der Waals surface area contributed by atoms with Crippen LogP contribution in [0.15, 0.2) is 18.7 Å². The van der Waals surface area contributed by atoms with Crippen molar-refractivity contribution >= 4 is 58.0 Å². The molecule has 0 radical (unpaired) electrons. The Bertz CT molecular complexity index is 730. The van der Waals surface area contributed by atoms with Gasteiger partial charge in [-0.3, -0.25) is 19.2 Å². The minimum Gasteiger partial charge on any atom is -0.356 e. The van der Waals surface area contributed by atoms with Crippen LogP contribution in [0.1, 0.15) is 16.1 Å². The molecule has 2 heterocycles. The summed E-state index contributed by atoms with van der Waals surface area (Å²) >= 11 is 12.6. The lowest BCUT2D eigenvalue weighted by Crippen LogP contribution is -2.42. The lowest BCUT2D eigenvalue weighted by atomic mass is 10.1. The monoisotopic (exact) mass is 417 g/mol. The second-order valence-corrected chi connectivity index (χ2v) is 7.71. The largest absolute Gasteiger partial charge is 0.356 e. The van der Waals surface area contributed by atoms with Gasteiger partial charge in [0.2, 0.25) is 11.8 Å². The molecule has 1 aliphatic rings. The van der Waals surface area contributed by atoms with Crippen LogP contribution in [-0.4, -0.2) is 54.6 Å². The van der Waals surface area contributed by atoms with Crippen LogP contribution >= 0.6 is 34.5 Å². The fraction of sp³-hybridized carbons (Fsp3) is 0.375. The molecular weight excluding hydrogens is 401 g/mol. The second-order valence-electron chi connectivity index (χ2n) is 5.65. The van der Waals surface area contributed by atoms with E-state index >= 15 is 0 Å². The van der Waals surface area contributed by atoms with Crippen molar-refractivity contribution in [2.45, 2.75) is 6.42 Å². The summed E-state index contributed by atoms with van der Waals surface area (Å²) in [6, 6.07) is 1.42. The van der Waals surface area contributed by atoms with Gasteiger partial charge in [0.25, 0.3) is 5.91 Å². The molecule has 3 amide bonds. The van der Waals surface area contributed by atoms with Gasteiger partial charge < -0.3 is 15.5 Å². The molecule has 1 fully saturated rings. The van der Waals surface area contributed by atoms with Crippen LogP contribution in [0.2, 0.25) is 9.36 Å². The lowest BCUT2D eigenvalue weighted by Gasteiger charge is -2.22. The third kappa shape index (κ3) is 5.30. The van der Waals surface area contributed by atoms with Crippen molar-refractivity contribution in [1.82, 2.24) is 15.5 Å². The fourth-order valence-corrected chi connectivity index (χ4v) is 3.72. The maximum atomic E-state index is 12.1. The van der Waals surface area contributed by atoms with E-state index in [2.05, 4.69) is 17.2 Å². The van der Waals surface area contributed by atoms with Gasteiger partial charge in [-0.15, -0.1) is 11.3 Å². The van der Waals surface area contributed by atoms with E-state index < -0.39 is 11.8 Å². The Balaban J connectivity index is 1.89. The average Bonchev–Trinajstić information content (AvgIpc) is 3.17. The number of ketones is 1.